The Kier molecular flexibility index (Phi) is 3.03. The molecule has 1 aromatic carbocycles. The van der Waals surface area contributed by atoms with Crippen LogP contribution in [0.4, 0.5) is 0 Å². The zero-order valence-corrected chi connectivity index (χ0v) is 11.1. The second-order valence-corrected chi connectivity index (χ2v) is 6.08. The lowest BCUT2D eigenvalue weighted by molar-refractivity contribution is 0.322. The summed E-state index contributed by atoms with van der Waals surface area (Å²) in [5, 5.41) is 0. The number of likely N-dealkylation sites (tertiary alicyclic amines) is 1. The summed E-state index contributed by atoms with van der Waals surface area (Å²) in [4.78, 5) is 2.64. The van der Waals surface area contributed by atoms with E-state index in [9.17, 15) is 0 Å². The lowest BCUT2D eigenvalue weighted by atomic mass is 10.1. The van der Waals surface area contributed by atoms with Crippen LogP contribution in [0.1, 0.15) is 30.7 Å². The van der Waals surface area contributed by atoms with Gasteiger partial charge in [-0.2, -0.15) is 0 Å². The summed E-state index contributed by atoms with van der Waals surface area (Å²) in [5.74, 6) is 1.77. The zero-order chi connectivity index (χ0) is 11.0. The minimum atomic E-state index is 0.841. The Hall–Kier alpha value is -0.340. The molecule has 16 heavy (non-hydrogen) atoms. The molecule has 1 aromatic rings. The highest BCUT2D eigenvalue weighted by Gasteiger charge is 2.39. The van der Waals surface area contributed by atoms with Crippen LogP contribution in [0.2, 0.25) is 0 Å². The molecule has 2 atom stereocenters. The quantitative estimate of drug-likeness (QED) is 0.817. The highest BCUT2D eigenvalue weighted by Crippen LogP contribution is 2.48. The minimum absolute atomic E-state index is 0.841. The van der Waals surface area contributed by atoms with Crippen LogP contribution < -0.4 is 0 Å². The molecule has 0 radical (unpaired) electrons. The molecule has 1 saturated heterocycles. The van der Waals surface area contributed by atoms with E-state index in [2.05, 4.69) is 45.1 Å². The number of rotatable bonds is 3. The second kappa shape index (κ2) is 4.50. The van der Waals surface area contributed by atoms with Gasteiger partial charge in [0.15, 0.2) is 0 Å². The third kappa shape index (κ3) is 2.33. The fraction of sp³-hybridized carbons (Fsp3) is 0.571. The Bertz CT molecular complexity index is 354. The topological polar surface area (TPSA) is 3.24 Å². The van der Waals surface area contributed by atoms with Crippen LogP contribution in [0, 0.1) is 5.92 Å². The van der Waals surface area contributed by atoms with Crippen molar-refractivity contribution in [3.63, 3.8) is 0 Å². The Labute approximate surface area is 106 Å². The van der Waals surface area contributed by atoms with Gasteiger partial charge in [0.25, 0.3) is 0 Å². The zero-order valence-electron chi connectivity index (χ0n) is 9.53. The van der Waals surface area contributed by atoms with Crippen LogP contribution in [0.15, 0.2) is 28.7 Å². The van der Waals surface area contributed by atoms with Crippen LogP contribution in [-0.4, -0.2) is 24.5 Å². The number of hydrogen-bond donors (Lipinski definition) is 0. The van der Waals surface area contributed by atoms with E-state index in [0.29, 0.717) is 0 Å². The summed E-state index contributed by atoms with van der Waals surface area (Å²) in [7, 11) is 0. The molecule has 1 nitrogen and oxygen atoms in total. The summed E-state index contributed by atoms with van der Waals surface area (Å²) >= 11 is 3.49. The maximum Gasteiger partial charge on any atom is 0.0175 e. The first-order valence-electron chi connectivity index (χ1n) is 6.31. The highest BCUT2D eigenvalue weighted by molar-refractivity contribution is 9.10. The van der Waals surface area contributed by atoms with E-state index in [1.54, 1.807) is 0 Å². The molecule has 2 fully saturated rings. The van der Waals surface area contributed by atoms with Crippen LogP contribution in [0.5, 0.6) is 0 Å². The van der Waals surface area contributed by atoms with E-state index in [1.165, 1.54) is 48.9 Å². The second-order valence-electron chi connectivity index (χ2n) is 5.16. The van der Waals surface area contributed by atoms with Crippen molar-refractivity contribution in [2.45, 2.75) is 25.2 Å². The van der Waals surface area contributed by atoms with Gasteiger partial charge < -0.3 is 4.90 Å². The summed E-state index contributed by atoms with van der Waals surface area (Å²) in [6.07, 6.45) is 4.23. The molecular weight excluding hydrogens is 262 g/mol. The van der Waals surface area contributed by atoms with Gasteiger partial charge in [-0.3, -0.25) is 0 Å². The molecule has 0 bridgehead atoms. The van der Waals surface area contributed by atoms with Crippen molar-refractivity contribution in [2.24, 2.45) is 5.92 Å². The molecule has 0 aromatic heterocycles. The Morgan fingerprint density at radius 1 is 1.12 bits per heavy atom. The predicted octanol–water partition coefficient (Wildman–Crippen LogP) is 3.65. The van der Waals surface area contributed by atoms with Gasteiger partial charge in [0.05, 0.1) is 0 Å². The van der Waals surface area contributed by atoms with Gasteiger partial charge in [-0.05, 0) is 61.9 Å². The summed E-state index contributed by atoms with van der Waals surface area (Å²) in [5.41, 5.74) is 1.53. The molecule has 1 heterocycles. The van der Waals surface area contributed by atoms with Crippen LogP contribution >= 0.6 is 15.9 Å². The van der Waals surface area contributed by atoms with Crippen LogP contribution in [-0.2, 0) is 0 Å². The van der Waals surface area contributed by atoms with E-state index in [1.807, 2.05) is 0 Å². The smallest absolute Gasteiger partial charge is 0.0175 e. The third-order valence-electron chi connectivity index (χ3n) is 3.91. The van der Waals surface area contributed by atoms with Gasteiger partial charge in [0.2, 0.25) is 0 Å². The largest absolute Gasteiger partial charge is 0.303 e. The number of nitrogens with zero attached hydrogens (tertiary/aromatic N) is 1. The first kappa shape index (κ1) is 10.8. The van der Waals surface area contributed by atoms with Gasteiger partial charge in [-0.15, -0.1) is 0 Å². The van der Waals surface area contributed by atoms with Gasteiger partial charge in [-0.1, -0.05) is 28.1 Å². The fourth-order valence-electron chi connectivity index (χ4n) is 2.86. The van der Waals surface area contributed by atoms with Crippen molar-refractivity contribution in [1.82, 2.24) is 4.90 Å². The summed E-state index contributed by atoms with van der Waals surface area (Å²) < 4.78 is 1.19. The number of hydrogen-bond acceptors (Lipinski definition) is 1. The molecule has 0 spiro atoms. The third-order valence-corrected chi connectivity index (χ3v) is 4.44. The molecule has 2 heteroatoms. The van der Waals surface area contributed by atoms with Gasteiger partial charge >= 0.3 is 0 Å². The molecule has 1 aliphatic carbocycles. The van der Waals surface area contributed by atoms with Gasteiger partial charge in [0, 0.05) is 11.0 Å². The normalized spacial score (nSPS) is 29.6. The maximum atomic E-state index is 3.49. The average Bonchev–Trinajstić information content (AvgIpc) is 2.85. The lowest BCUT2D eigenvalue weighted by Crippen LogP contribution is -2.22. The van der Waals surface area contributed by atoms with Gasteiger partial charge in [0.1, 0.15) is 0 Å². The van der Waals surface area contributed by atoms with Crippen molar-refractivity contribution in [2.75, 3.05) is 19.6 Å². The first-order chi connectivity index (χ1) is 7.83. The van der Waals surface area contributed by atoms with Crippen LogP contribution in [0.25, 0.3) is 0 Å². The fourth-order valence-corrected chi connectivity index (χ4v) is 3.13. The van der Waals surface area contributed by atoms with E-state index >= 15 is 0 Å². The molecule has 1 aliphatic heterocycles. The average molecular weight is 280 g/mol. The molecule has 3 rings (SSSR count). The molecule has 1 saturated carbocycles. The van der Waals surface area contributed by atoms with Crippen molar-refractivity contribution >= 4 is 15.9 Å². The van der Waals surface area contributed by atoms with Crippen molar-refractivity contribution < 1.29 is 0 Å². The highest BCUT2D eigenvalue weighted by atomic mass is 79.9. The molecule has 86 valence electrons. The summed E-state index contributed by atoms with van der Waals surface area (Å²) in [6, 6.07) is 8.89. The van der Waals surface area contributed by atoms with E-state index in [-0.39, 0.29) is 0 Å². The Morgan fingerprint density at radius 3 is 2.50 bits per heavy atom. The van der Waals surface area contributed by atoms with Gasteiger partial charge in [-0.25, -0.2) is 0 Å². The molecular formula is C14H18BrN. The minimum Gasteiger partial charge on any atom is -0.303 e. The SMILES string of the molecule is Brc1ccc([C@@H]2C[C@H]2CN2CCCC2)cc1. The standard InChI is InChI=1S/C14H18BrN/c15-13-5-3-11(4-6-13)14-9-12(14)10-16-7-1-2-8-16/h3-6,12,14H,1-2,7-10H2/t12-,14-/m0/s1. The van der Waals surface area contributed by atoms with E-state index in [0.717, 1.165) is 11.8 Å². The molecule has 0 unspecified atom stereocenters. The predicted molar refractivity (Wildman–Crippen MR) is 70.7 cm³/mol. The van der Waals surface area contributed by atoms with E-state index < -0.39 is 0 Å². The monoisotopic (exact) mass is 279 g/mol. The van der Waals surface area contributed by atoms with Crippen molar-refractivity contribution in [1.29, 1.82) is 0 Å². The summed E-state index contributed by atoms with van der Waals surface area (Å²) in [6.45, 7) is 4.01. The number of benzene rings is 1. The molecule has 0 amide bonds. The molecule has 2 aliphatic rings. The lowest BCUT2D eigenvalue weighted by Gasteiger charge is -2.13. The first-order valence-corrected chi connectivity index (χ1v) is 7.10. The Balaban J connectivity index is 1.56. The maximum absolute atomic E-state index is 3.49. The number of halogens is 1. The van der Waals surface area contributed by atoms with Crippen molar-refractivity contribution in [3.8, 4) is 0 Å². The van der Waals surface area contributed by atoms with E-state index in [4.69, 9.17) is 0 Å². The Morgan fingerprint density at radius 2 is 1.81 bits per heavy atom. The molecule has 0 N–H and O–H groups in total. The van der Waals surface area contributed by atoms with Crippen LogP contribution in [0.3, 0.4) is 0 Å². The van der Waals surface area contributed by atoms with Crippen molar-refractivity contribution in [3.05, 3.63) is 34.3 Å².